The van der Waals surface area contributed by atoms with Gasteiger partial charge in [-0.2, -0.15) is 0 Å². The van der Waals surface area contributed by atoms with Crippen LogP contribution in [0.25, 0.3) is 16.7 Å². The summed E-state index contributed by atoms with van der Waals surface area (Å²) >= 11 is 0. The fourth-order valence-electron chi connectivity index (χ4n) is 3.83. The summed E-state index contributed by atoms with van der Waals surface area (Å²) in [6.07, 6.45) is 3.09. The van der Waals surface area contributed by atoms with Crippen molar-refractivity contribution in [1.29, 1.82) is 5.41 Å². The minimum absolute atomic E-state index is 0.0497. The SMILES string of the molecule is Cc1ccc(S(=O)(=O)c2cc3c(=O)n4cccc(C)c4nc3n(Cc3ccco3)c2=N)cc1. The second-order valence-electron chi connectivity index (χ2n) is 7.88. The molecule has 5 aromatic rings. The minimum atomic E-state index is -4.07. The summed E-state index contributed by atoms with van der Waals surface area (Å²) in [5.74, 6) is 0.506. The average molecular weight is 461 g/mol. The third kappa shape index (κ3) is 3.37. The Balaban J connectivity index is 1.90. The van der Waals surface area contributed by atoms with E-state index in [2.05, 4.69) is 4.98 Å². The van der Waals surface area contributed by atoms with Crippen LogP contribution in [0.1, 0.15) is 16.9 Å². The Morgan fingerprint density at radius 1 is 1.03 bits per heavy atom. The lowest BCUT2D eigenvalue weighted by atomic mass is 10.2. The predicted octanol–water partition coefficient (Wildman–Crippen LogP) is 3.22. The summed E-state index contributed by atoms with van der Waals surface area (Å²) in [5.41, 5.74) is 1.67. The van der Waals surface area contributed by atoms with Gasteiger partial charge in [0.15, 0.2) is 0 Å². The first-order valence-corrected chi connectivity index (χ1v) is 11.7. The van der Waals surface area contributed by atoms with E-state index in [0.29, 0.717) is 11.4 Å². The summed E-state index contributed by atoms with van der Waals surface area (Å²) in [6, 6.07) is 14.6. The van der Waals surface area contributed by atoms with Gasteiger partial charge < -0.3 is 8.98 Å². The van der Waals surface area contributed by atoms with Gasteiger partial charge in [-0.3, -0.25) is 14.6 Å². The molecule has 8 nitrogen and oxygen atoms in total. The zero-order chi connectivity index (χ0) is 23.3. The second kappa shape index (κ2) is 7.56. The molecule has 9 heteroatoms. The van der Waals surface area contributed by atoms with Crippen molar-refractivity contribution >= 4 is 26.5 Å². The zero-order valence-corrected chi connectivity index (χ0v) is 18.8. The first-order chi connectivity index (χ1) is 15.8. The minimum Gasteiger partial charge on any atom is -0.467 e. The number of sulfone groups is 1. The first kappa shape index (κ1) is 20.9. The molecule has 1 N–H and O–H groups in total. The van der Waals surface area contributed by atoms with Crippen LogP contribution in [-0.4, -0.2) is 22.4 Å². The molecule has 0 saturated carbocycles. The fraction of sp³-hybridized carbons (Fsp3) is 0.125. The number of hydrogen-bond acceptors (Lipinski definition) is 6. The molecule has 33 heavy (non-hydrogen) atoms. The Kier molecular flexibility index (Phi) is 4.79. The van der Waals surface area contributed by atoms with Crippen LogP contribution < -0.4 is 11.0 Å². The monoisotopic (exact) mass is 460 g/mol. The molecule has 0 aliphatic rings. The van der Waals surface area contributed by atoms with Crippen LogP contribution in [0.15, 0.2) is 86.1 Å². The highest BCUT2D eigenvalue weighted by atomic mass is 32.2. The molecule has 0 aliphatic carbocycles. The molecule has 0 fully saturated rings. The van der Waals surface area contributed by atoms with E-state index in [4.69, 9.17) is 9.83 Å². The number of aromatic nitrogens is 3. The molecule has 4 aromatic heterocycles. The van der Waals surface area contributed by atoms with Gasteiger partial charge >= 0.3 is 0 Å². The predicted molar refractivity (Wildman–Crippen MR) is 122 cm³/mol. The smallest absolute Gasteiger partial charge is 0.267 e. The van der Waals surface area contributed by atoms with Crippen LogP contribution in [0, 0.1) is 19.3 Å². The molecular formula is C24H20N4O4S. The van der Waals surface area contributed by atoms with Crippen LogP contribution >= 0.6 is 0 Å². The fourth-order valence-corrected chi connectivity index (χ4v) is 5.22. The largest absolute Gasteiger partial charge is 0.467 e. The molecule has 0 bridgehead atoms. The number of nitrogens with one attached hydrogen (secondary N) is 1. The van der Waals surface area contributed by atoms with Crippen molar-refractivity contribution in [3.63, 3.8) is 0 Å². The molecule has 166 valence electrons. The zero-order valence-electron chi connectivity index (χ0n) is 17.9. The van der Waals surface area contributed by atoms with E-state index in [1.807, 2.05) is 19.9 Å². The summed E-state index contributed by atoms with van der Waals surface area (Å²) in [4.78, 5) is 17.8. The van der Waals surface area contributed by atoms with Gasteiger partial charge in [-0.1, -0.05) is 23.8 Å². The quantitative estimate of drug-likeness (QED) is 0.414. The lowest BCUT2D eigenvalue weighted by molar-refractivity contribution is 0.488. The average Bonchev–Trinajstić information content (AvgIpc) is 3.30. The highest BCUT2D eigenvalue weighted by Gasteiger charge is 2.24. The molecule has 0 radical (unpaired) electrons. The second-order valence-corrected chi connectivity index (χ2v) is 9.80. The molecule has 0 saturated heterocycles. The van der Waals surface area contributed by atoms with Crippen molar-refractivity contribution in [2.75, 3.05) is 0 Å². The normalized spacial score (nSPS) is 11.9. The molecule has 4 heterocycles. The van der Waals surface area contributed by atoms with Gasteiger partial charge in [-0.05, 0) is 55.8 Å². The van der Waals surface area contributed by atoms with Crippen LogP contribution in [-0.2, 0) is 16.4 Å². The highest BCUT2D eigenvalue weighted by Crippen LogP contribution is 2.22. The van der Waals surface area contributed by atoms with Crippen molar-refractivity contribution in [2.45, 2.75) is 30.2 Å². The van der Waals surface area contributed by atoms with E-state index in [1.54, 1.807) is 36.5 Å². The summed E-state index contributed by atoms with van der Waals surface area (Å²) < 4.78 is 35.3. The number of benzene rings is 1. The Morgan fingerprint density at radius 3 is 2.48 bits per heavy atom. The van der Waals surface area contributed by atoms with E-state index in [9.17, 15) is 13.2 Å². The molecule has 0 amide bonds. The van der Waals surface area contributed by atoms with E-state index in [0.717, 1.165) is 11.1 Å². The van der Waals surface area contributed by atoms with Gasteiger partial charge in [0.2, 0.25) is 9.84 Å². The Labute approximate surface area is 188 Å². The van der Waals surface area contributed by atoms with E-state index < -0.39 is 15.4 Å². The standard InChI is InChI=1S/C24H20N4O4S/c1-15-7-9-18(10-8-15)33(30,31)20-13-19-23(28(21(20)25)14-17-6-4-12-32-17)26-22-16(2)5-3-11-27(22)24(19)29/h3-13,25H,14H2,1-2H3. The molecule has 0 unspecified atom stereocenters. The van der Waals surface area contributed by atoms with Crippen molar-refractivity contribution in [3.05, 3.63) is 99.8 Å². The van der Waals surface area contributed by atoms with E-state index in [1.165, 1.54) is 33.4 Å². The first-order valence-electron chi connectivity index (χ1n) is 10.2. The lowest BCUT2D eigenvalue weighted by Gasteiger charge is -2.15. The Bertz CT molecular complexity index is 1750. The van der Waals surface area contributed by atoms with Gasteiger partial charge in [-0.15, -0.1) is 0 Å². The van der Waals surface area contributed by atoms with Crippen LogP contribution in [0.5, 0.6) is 0 Å². The van der Waals surface area contributed by atoms with Gasteiger partial charge in [0.05, 0.1) is 23.1 Å². The Morgan fingerprint density at radius 2 is 1.79 bits per heavy atom. The van der Waals surface area contributed by atoms with Crippen LogP contribution in [0.2, 0.25) is 0 Å². The molecule has 5 rings (SSSR count). The summed E-state index contributed by atoms with van der Waals surface area (Å²) in [6.45, 7) is 3.75. The number of pyridine rings is 2. The third-order valence-corrected chi connectivity index (χ3v) is 7.40. The lowest BCUT2D eigenvalue weighted by Crippen LogP contribution is -2.30. The maximum Gasteiger partial charge on any atom is 0.267 e. The summed E-state index contributed by atoms with van der Waals surface area (Å²) in [5, 5.41) is 8.91. The van der Waals surface area contributed by atoms with E-state index in [-0.39, 0.29) is 32.9 Å². The molecule has 0 atom stereocenters. The van der Waals surface area contributed by atoms with Crippen molar-refractivity contribution in [1.82, 2.24) is 14.0 Å². The van der Waals surface area contributed by atoms with Crippen molar-refractivity contribution < 1.29 is 12.8 Å². The molecule has 0 aliphatic heterocycles. The number of fused-ring (bicyclic) bond motifs is 2. The van der Waals surface area contributed by atoms with Gasteiger partial charge in [0.1, 0.15) is 27.4 Å². The van der Waals surface area contributed by atoms with Crippen LogP contribution in [0.3, 0.4) is 0 Å². The summed E-state index contributed by atoms with van der Waals surface area (Å²) in [7, 11) is -4.07. The molecule has 0 spiro atoms. The van der Waals surface area contributed by atoms with Crippen molar-refractivity contribution in [3.8, 4) is 0 Å². The van der Waals surface area contributed by atoms with Crippen LogP contribution in [0.4, 0.5) is 0 Å². The van der Waals surface area contributed by atoms with E-state index >= 15 is 0 Å². The topological polar surface area (TPSA) is 110 Å². The van der Waals surface area contributed by atoms with Crippen molar-refractivity contribution in [2.24, 2.45) is 0 Å². The highest BCUT2D eigenvalue weighted by molar-refractivity contribution is 7.91. The molecule has 1 aromatic carbocycles. The van der Waals surface area contributed by atoms with Gasteiger partial charge in [0, 0.05) is 6.20 Å². The number of aryl methyl sites for hydroxylation is 2. The number of rotatable bonds is 4. The maximum atomic E-state index is 13.5. The Hall–Kier alpha value is -3.98. The van der Waals surface area contributed by atoms with Gasteiger partial charge in [0.25, 0.3) is 5.56 Å². The maximum absolute atomic E-state index is 13.5. The number of furan rings is 1. The number of hydrogen-bond donors (Lipinski definition) is 1. The molecular weight excluding hydrogens is 440 g/mol. The third-order valence-electron chi connectivity index (χ3n) is 5.61. The van der Waals surface area contributed by atoms with Gasteiger partial charge in [-0.25, -0.2) is 13.4 Å². The number of nitrogens with zero attached hydrogens (tertiary/aromatic N) is 3.